The molecule has 2 rings (SSSR count). The van der Waals surface area contributed by atoms with Crippen LogP contribution in [-0.2, 0) is 14.4 Å². The number of thioether (sulfide) groups is 1. The molecule has 0 aliphatic carbocycles. The van der Waals surface area contributed by atoms with Gasteiger partial charge in [-0.15, -0.1) is 0 Å². The number of aliphatic carboxylic acids is 2. The zero-order valence-corrected chi connectivity index (χ0v) is 14.9. The van der Waals surface area contributed by atoms with Crippen molar-refractivity contribution < 1.29 is 29.4 Å². The van der Waals surface area contributed by atoms with Gasteiger partial charge in [0.2, 0.25) is 0 Å². The number of nitrogens with one attached hydrogen (secondary N) is 2. The molecule has 4 N–H and O–H groups in total. The minimum Gasteiger partial charge on any atom is -0.481 e. The number of hydrogen-bond acceptors (Lipinski definition) is 6. The highest BCUT2D eigenvalue weighted by Gasteiger charge is 2.23. The molecule has 136 valence electrons. The van der Waals surface area contributed by atoms with Crippen LogP contribution in [0.15, 0.2) is 29.2 Å². The third kappa shape index (κ3) is 5.39. The van der Waals surface area contributed by atoms with Gasteiger partial charge in [0, 0.05) is 12.0 Å². The SMILES string of the molecule is O=C(O)CC[C@@H](NC(=O)c1ccc(/C=C2\SC(=S)NC2=O)cc1)C(=O)O. The van der Waals surface area contributed by atoms with Crippen LogP contribution in [0.25, 0.3) is 6.08 Å². The maximum Gasteiger partial charge on any atom is 0.326 e. The fourth-order valence-electron chi connectivity index (χ4n) is 2.07. The van der Waals surface area contributed by atoms with Crippen molar-refractivity contribution in [3.05, 3.63) is 40.3 Å². The molecular formula is C16H14N2O6S2. The lowest BCUT2D eigenvalue weighted by Crippen LogP contribution is -2.41. The van der Waals surface area contributed by atoms with Gasteiger partial charge in [-0.25, -0.2) is 4.79 Å². The van der Waals surface area contributed by atoms with Crippen molar-refractivity contribution in [2.24, 2.45) is 0 Å². The summed E-state index contributed by atoms with van der Waals surface area (Å²) in [6, 6.07) is 4.87. The van der Waals surface area contributed by atoms with Crippen LogP contribution in [-0.4, -0.2) is 44.3 Å². The molecule has 0 radical (unpaired) electrons. The smallest absolute Gasteiger partial charge is 0.326 e. The standard InChI is InChI=1S/C16H14N2O6S2/c19-12(20)6-5-10(15(23)24)17-13(21)9-3-1-8(2-4-9)7-11-14(22)18-16(25)26-11/h1-4,7,10H,5-6H2,(H,17,21)(H,19,20)(H,23,24)(H,18,22,25)/b11-7-/t10-/m1/s1. The molecule has 8 nitrogen and oxygen atoms in total. The summed E-state index contributed by atoms with van der Waals surface area (Å²) < 4.78 is 0.373. The zero-order chi connectivity index (χ0) is 19.3. The fraction of sp³-hybridized carbons (Fsp3) is 0.188. The Labute approximate surface area is 157 Å². The first-order valence-electron chi connectivity index (χ1n) is 7.36. The normalized spacial score (nSPS) is 16.2. The molecule has 0 aromatic heterocycles. The van der Waals surface area contributed by atoms with Crippen LogP contribution in [0.5, 0.6) is 0 Å². The lowest BCUT2D eigenvalue weighted by molar-refractivity contribution is -0.140. The van der Waals surface area contributed by atoms with E-state index in [0.717, 1.165) is 11.8 Å². The summed E-state index contributed by atoms with van der Waals surface area (Å²) >= 11 is 6.03. The molecule has 1 fully saturated rings. The van der Waals surface area contributed by atoms with E-state index in [4.69, 9.17) is 22.4 Å². The Morgan fingerprint density at radius 1 is 1.23 bits per heavy atom. The number of carbonyl (C=O) groups excluding carboxylic acids is 2. The molecule has 1 aliphatic rings. The number of benzene rings is 1. The maximum absolute atomic E-state index is 12.1. The van der Waals surface area contributed by atoms with Gasteiger partial charge in [0.15, 0.2) is 0 Å². The van der Waals surface area contributed by atoms with Crippen LogP contribution in [0.3, 0.4) is 0 Å². The van der Waals surface area contributed by atoms with Crippen molar-refractivity contribution in [1.82, 2.24) is 10.6 Å². The predicted molar refractivity (Wildman–Crippen MR) is 98.5 cm³/mol. The number of carboxylic acid groups (broad SMARTS) is 2. The number of amides is 2. The lowest BCUT2D eigenvalue weighted by atomic mass is 10.1. The van der Waals surface area contributed by atoms with Gasteiger partial charge in [0.1, 0.15) is 10.4 Å². The molecule has 1 aromatic carbocycles. The highest BCUT2D eigenvalue weighted by molar-refractivity contribution is 8.26. The second-order valence-corrected chi connectivity index (χ2v) is 6.99. The first kappa shape index (κ1) is 19.6. The average Bonchev–Trinajstić information content (AvgIpc) is 2.88. The first-order valence-corrected chi connectivity index (χ1v) is 8.59. The predicted octanol–water partition coefficient (Wildman–Crippen LogP) is 1.22. The summed E-state index contributed by atoms with van der Waals surface area (Å²) in [6.45, 7) is 0. The van der Waals surface area contributed by atoms with E-state index in [-0.39, 0.29) is 24.3 Å². The molecule has 1 aliphatic heterocycles. The van der Waals surface area contributed by atoms with E-state index in [9.17, 15) is 19.2 Å². The molecule has 1 atom stereocenters. The third-order valence-corrected chi connectivity index (χ3v) is 4.53. The van der Waals surface area contributed by atoms with Gasteiger partial charge in [0.05, 0.1) is 4.91 Å². The Hall–Kier alpha value is -2.72. The molecule has 0 unspecified atom stereocenters. The number of thiocarbonyl (C=S) groups is 1. The van der Waals surface area contributed by atoms with E-state index in [1.807, 2.05) is 0 Å². The van der Waals surface area contributed by atoms with Gasteiger partial charge in [-0.2, -0.15) is 0 Å². The van der Waals surface area contributed by atoms with Gasteiger partial charge >= 0.3 is 11.9 Å². The van der Waals surface area contributed by atoms with Crippen LogP contribution in [0, 0.1) is 0 Å². The molecule has 1 heterocycles. The third-order valence-electron chi connectivity index (χ3n) is 3.36. The minimum atomic E-state index is -1.30. The number of hydrogen-bond donors (Lipinski definition) is 4. The second kappa shape index (κ2) is 8.59. The summed E-state index contributed by atoms with van der Waals surface area (Å²) in [6.07, 6.45) is 1.03. The summed E-state index contributed by atoms with van der Waals surface area (Å²) in [7, 11) is 0. The van der Waals surface area contributed by atoms with Crippen LogP contribution in [0.1, 0.15) is 28.8 Å². The molecule has 0 bridgehead atoms. The average molecular weight is 394 g/mol. The summed E-state index contributed by atoms with van der Waals surface area (Å²) in [5, 5.41) is 22.5. The van der Waals surface area contributed by atoms with Crippen LogP contribution in [0.4, 0.5) is 0 Å². The van der Waals surface area contributed by atoms with Crippen molar-refractivity contribution in [2.45, 2.75) is 18.9 Å². The topological polar surface area (TPSA) is 133 Å². The number of carbonyl (C=O) groups is 4. The molecular weight excluding hydrogens is 380 g/mol. The number of rotatable bonds is 7. The fourth-order valence-corrected chi connectivity index (χ4v) is 3.11. The Morgan fingerprint density at radius 2 is 1.88 bits per heavy atom. The van der Waals surface area contributed by atoms with Crippen molar-refractivity contribution in [3.8, 4) is 0 Å². The van der Waals surface area contributed by atoms with Gasteiger partial charge in [-0.1, -0.05) is 36.1 Å². The Morgan fingerprint density at radius 3 is 2.38 bits per heavy atom. The van der Waals surface area contributed by atoms with E-state index in [1.165, 1.54) is 12.1 Å². The van der Waals surface area contributed by atoms with Gasteiger partial charge in [-0.05, 0) is 30.2 Å². The second-order valence-electron chi connectivity index (χ2n) is 5.27. The summed E-state index contributed by atoms with van der Waals surface area (Å²) in [5.74, 6) is -3.36. The van der Waals surface area contributed by atoms with E-state index in [2.05, 4.69) is 10.6 Å². The van der Waals surface area contributed by atoms with E-state index in [0.29, 0.717) is 14.8 Å². The molecule has 10 heteroatoms. The molecule has 0 saturated carbocycles. The Balaban J connectivity index is 2.04. The monoisotopic (exact) mass is 394 g/mol. The highest BCUT2D eigenvalue weighted by atomic mass is 32.2. The molecule has 26 heavy (non-hydrogen) atoms. The van der Waals surface area contributed by atoms with E-state index in [1.54, 1.807) is 18.2 Å². The highest BCUT2D eigenvalue weighted by Crippen LogP contribution is 2.25. The minimum absolute atomic E-state index is 0.215. The largest absolute Gasteiger partial charge is 0.481 e. The lowest BCUT2D eigenvalue weighted by Gasteiger charge is -2.13. The summed E-state index contributed by atoms with van der Waals surface area (Å²) in [4.78, 5) is 45.9. The van der Waals surface area contributed by atoms with Crippen LogP contribution < -0.4 is 10.6 Å². The van der Waals surface area contributed by atoms with Gasteiger partial charge < -0.3 is 20.8 Å². The van der Waals surface area contributed by atoms with E-state index >= 15 is 0 Å². The maximum atomic E-state index is 12.1. The van der Waals surface area contributed by atoms with Crippen molar-refractivity contribution in [2.75, 3.05) is 0 Å². The molecule has 2 amide bonds. The molecule has 1 aromatic rings. The van der Waals surface area contributed by atoms with Crippen LogP contribution in [0.2, 0.25) is 0 Å². The molecule has 0 spiro atoms. The van der Waals surface area contributed by atoms with Gasteiger partial charge in [0.25, 0.3) is 11.8 Å². The Bertz CT molecular complexity index is 803. The van der Waals surface area contributed by atoms with Crippen LogP contribution >= 0.6 is 24.0 Å². The van der Waals surface area contributed by atoms with Crippen molar-refractivity contribution in [1.29, 1.82) is 0 Å². The zero-order valence-electron chi connectivity index (χ0n) is 13.2. The Kier molecular flexibility index (Phi) is 6.47. The van der Waals surface area contributed by atoms with Crippen molar-refractivity contribution >= 4 is 58.1 Å². The van der Waals surface area contributed by atoms with Gasteiger partial charge in [-0.3, -0.25) is 14.4 Å². The van der Waals surface area contributed by atoms with Crippen molar-refractivity contribution in [3.63, 3.8) is 0 Å². The first-order chi connectivity index (χ1) is 12.3. The quantitative estimate of drug-likeness (QED) is 0.401. The summed E-state index contributed by atoms with van der Waals surface area (Å²) in [5.41, 5.74) is 0.886. The number of carboxylic acids is 2. The molecule has 1 saturated heterocycles. The van der Waals surface area contributed by atoms with E-state index < -0.39 is 23.9 Å².